The van der Waals surface area contributed by atoms with Gasteiger partial charge in [-0.3, -0.25) is 4.90 Å². The predicted octanol–water partition coefficient (Wildman–Crippen LogP) is 2.40. The predicted molar refractivity (Wildman–Crippen MR) is 89.7 cm³/mol. The fourth-order valence-electron chi connectivity index (χ4n) is 3.90. The van der Waals surface area contributed by atoms with Crippen LogP contribution in [0.2, 0.25) is 0 Å². The maximum Gasteiger partial charge on any atom is 0.147 e. The topological polar surface area (TPSA) is 48.1 Å². The van der Waals surface area contributed by atoms with Crippen LogP contribution in [0.25, 0.3) is 0 Å². The molecule has 0 spiro atoms. The van der Waals surface area contributed by atoms with Gasteiger partial charge in [0.1, 0.15) is 11.6 Å². The largest absolute Gasteiger partial charge is 0.378 e. The normalized spacial score (nSPS) is 25.3. The Kier molecular flexibility index (Phi) is 3.49. The lowest BCUT2D eigenvalue weighted by molar-refractivity contribution is -0.0168. The van der Waals surface area contributed by atoms with Gasteiger partial charge in [0.2, 0.25) is 0 Å². The Balaban J connectivity index is 1.42. The van der Waals surface area contributed by atoms with Crippen molar-refractivity contribution in [2.45, 2.75) is 50.2 Å². The van der Waals surface area contributed by atoms with Crippen LogP contribution < -0.4 is 0 Å². The third-order valence-electron chi connectivity index (χ3n) is 5.56. The van der Waals surface area contributed by atoms with E-state index in [1.54, 1.807) is 0 Å². The number of aryl methyl sites for hydroxylation is 1. The zero-order chi connectivity index (χ0) is 16.1. The second kappa shape index (κ2) is 5.70. The monoisotopic (exact) mass is 327 g/mol. The van der Waals surface area contributed by atoms with Gasteiger partial charge in [-0.1, -0.05) is 0 Å². The molecule has 1 atom stereocenters. The Hall–Kier alpha value is -1.66. The molecular formula is C18H25N5O. The molecule has 5 rings (SSSR count). The van der Waals surface area contributed by atoms with Gasteiger partial charge in [-0.2, -0.15) is 0 Å². The van der Waals surface area contributed by atoms with E-state index in [1.807, 2.05) is 0 Å². The van der Waals surface area contributed by atoms with E-state index < -0.39 is 0 Å². The Morgan fingerprint density at radius 1 is 1.21 bits per heavy atom. The Morgan fingerprint density at radius 2 is 2.08 bits per heavy atom. The summed E-state index contributed by atoms with van der Waals surface area (Å²) in [6.07, 6.45) is 7.26. The molecule has 3 fully saturated rings. The molecule has 1 unspecified atom stereocenters. The van der Waals surface area contributed by atoms with Crippen molar-refractivity contribution in [2.24, 2.45) is 7.05 Å². The van der Waals surface area contributed by atoms with E-state index in [4.69, 9.17) is 4.74 Å². The molecule has 128 valence electrons. The van der Waals surface area contributed by atoms with Gasteiger partial charge in [0.15, 0.2) is 0 Å². The van der Waals surface area contributed by atoms with Crippen LogP contribution in [-0.2, 0) is 18.3 Å². The molecule has 0 bridgehead atoms. The third kappa shape index (κ3) is 2.58. The molecule has 3 heterocycles. The second-order valence-corrected chi connectivity index (χ2v) is 7.46. The number of hydrogen-bond acceptors (Lipinski definition) is 4. The summed E-state index contributed by atoms with van der Waals surface area (Å²) in [5.74, 6) is 3.07. The minimum absolute atomic E-state index is 0.299. The van der Waals surface area contributed by atoms with Gasteiger partial charge in [0.25, 0.3) is 0 Å². The second-order valence-electron chi connectivity index (χ2n) is 7.46. The lowest BCUT2D eigenvalue weighted by atomic mass is 10.1. The molecule has 2 aromatic rings. The van der Waals surface area contributed by atoms with Gasteiger partial charge in [0, 0.05) is 37.4 Å². The van der Waals surface area contributed by atoms with Crippen LogP contribution >= 0.6 is 0 Å². The first-order chi connectivity index (χ1) is 11.8. The van der Waals surface area contributed by atoms with Crippen molar-refractivity contribution in [3.05, 3.63) is 35.7 Å². The van der Waals surface area contributed by atoms with Crippen molar-refractivity contribution in [3.8, 4) is 0 Å². The molecule has 24 heavy (non-hydrogen) atoms. The van der Waals surface area contributed by atoms with Gasteiger partial charge < -0.3 is 13.9 Å². The minimum Gasteiger partial charge on any atom is -0.378 e. The van der Waals surface area contributed by atoms with Crippen LogP contribution in [0.15, 0.2) is 18.3 Å². The summed E-state index contributed by atoms with van der Waals surface area (Å²) in [5, 5.41) is 9.15. The first-order valence-electron chi connectivity index (χ1n) is 9.18. The molecule has 0 amide bonds. The molecule has 2 aromatic heterocycles. The smallest absolute Gasteiger partial charge is 0.147 e. The molecular weight excluding hydrogens is 302 g/mol. The summed E-state index contributed by atoms with van der Waals surface area (Å²) < 4.78 is 10.4. The molecule has 6 heteroatoms. The highest BCUT2D eigenvalue weighted by Gasteiger charge is 2.37. The fourth-order valence-corrected chi connectivity index (χ4v) is 3.90. The molecule has 2 aliphatic carbocycles. The zero-order valence-electron chi connectivity index (χ0n) is 14.3. The van der Waals surface area contributed by atoms with Crippen molar-refractivity contribution in [2.75, 3.05) is 19.8 Å². The first-order valence-corrected chi connectivity index (χ1v) is 9.18. The van der Waals surface area contributed by atoms with Gasteiger partial charge in [-0.15, -0.1) is 10.2 Å². The van der Waals surface area contributed by atoms with Crippen molar-refractivity contribution < 1.29 is 4.74 Å². The summed E-state index contributed by atoms with van der Waals surface area (Å²) in [4.78, 5) is 2.51. The van der Waals surface area contributed by atoms with Crippen LogP contribution in [0.1, 0.15) is 61.0 Å². The van der Waals surface area contributed by atoms with E-state index in [0.29, 0.717) is 18.0 Å². The number of ether oxygens (including phenoxy) is 1. The average molecular weight is 327 g/mol. The SMILES string of the molecule is Cn1cccc1C1COCCN1Cc1nnc(C2CC2)n1C1CC1. The molecule has 3 aliphatic rings. The van der Waals surface area contributed by atoms with Crippen LogP contribution in [0.4, 0.5) is 0 Å². The summed E-state index contributed by atoms with van der Waals surface area (Å²) >= 11 is 0. The number of rotatable bonds is 5. The van der Waals surface area contributed by atoms with E-state index >= 15 is 0 Å². The minimum atomic E-state index is 0.299. The molecule has 2 saturated carbocycles. The van der Waals surface area contributed by atoms with Gasteiger partial charge >= 0.3 is 0 Å². The van der Waals surface area contributed by atoms with Crippen LogP contribution in [-0.4, -0.2) is 44.0 Å². The van der Waals surface area contributed by atoms with E-state index in [-0.39, 0.29) is 0 Å². The maximum absolute atomic E-state index is 5.77. The molecule has 1 saturated heterocycles. The number of morpholine rings is 1. The van der Waals surface area contributed by atoms with Crippen LogP contribution in [0.5, 0.6) is 0 Å². The molecule has 0 radical (unpaired) electrons. The maximum atomic E-state index is 5.77. The van der Waals surface area contributed by atoms with Crippen LogP contribution in [0, 0.1) is 0 Å². The van der Waals surface area contributed by atoms with Gasteiger partial charge in [0.05, 0.1) is 25.8 Å². The van der Waals surface area contributed by atoms with Crippen molar-refractivity contribution >= 4 is 0 Å². The van der Waals surface area contributed by atoms with E-state index in [9.17, 15) is 0 Å². The van der Waals surface area contributed by atoms with Gasteiger partial charge in [-0.25, -0.2) is 0 Å². The summed E-state index contributed by atoms with van der Waals surface area (Å²) in [6.45, 7) is 3.38. The summed E-state index contributed by atoms with van der Waals surface area (Å²) in [6, 6.07) is 5.26. The average Bonchev–Trinajstić information content (AvgIpc) is 3.52. The van der Waals surface area contributed by atoms with E-state index in [1.165, 1.54) is 37.2 Å². The van der Waals surface area contributed by atoms with E-state index in [0.717, 1.165) is 32.1 Å². The summed E-state index contributed by atoms with van der Waals surface area (Å²) in [5.41, 5.74) is 1.31. The van der Waals surface area contributed by atoms with Crippen molar-refractivity contribution in [3.63, 3.8) is 0 Å². The number of aromatic nitrogens is 4. The summed E-state index contributed by atoms with van der Waals surface area (Å²) in [7, 11) is 2.11. The van der Waals surface area contributed by atoms with E-state index in [2.05, 4.69) is 49.6 Å². The Labute approximate surface area is 142 Å². The lowest BCUT2D eigenvalue weighted by Gasteiger charge is -2.35. The zero-order valence-corrected chi connectivity index (χ0v) is 14.3. The van der Waals surface area contributed by atoms with Crippen LogP contribution in [0.3, 0.4) is 0 Å². The quantitative estimate of drug-likeness (QED) is 0.846. The van der Waals surface area contributed by atoms with Crippen molar-refractivity contribution in [1.29, 1.82) is 0 Å². The molecule has 0 aromatic carbocycles. The standard InChI is InChI=1S/C18H25N5O/c1-21-8-2-3-15(21)16-12-24-10-9-22(16)11-17-19-20-18(13-4-5-13)23(17)14-6-7-14/h2-3,8,13-14,16H,4-7,9-12H2,1H3. The highest BCUT2D eigenvalue weighted by Crippen LogP contribution is 2.45. The highest BCUT2D eigenvalue weighted by atomic mass is 16.5. The fraction of sp³-hybridized carbons (Fsp3) is 0.667. The highest BCUT2D eigenvalue weighted by molar-refractivity contribution is 5.15. The number of nitrogens with zero attached hydrogens (tertiary/aromatic N) is 5. The van der Waals surface area contributed by atoms with Gasteiger partial charge in [-0.05, 0) is 37.8 Å². The first kappa shape index (κ1) is 14.7. The molecule has 1 aliphatic heterocycles. The molecule has 0 N–H and O–H groups in total. The Bertz CT molecular complexity index is 728. The Morgan fingerprint density at radius 3 is 2.79 bits per heavy atom. The third-order valence-corrected chi connectivity index (χ3v) is 5.56. The lowest BCUT2D eigenvalue weighted by Crippen LogP contribution is -2.40. The molecule has 6 nitrogen and oxygen atoms in total. The number of hydrogen-bond donors (Lipinski definition) is 0. The van der Waals surface area contributed by atoms with Crippen molar-refractivity contribution in [1.82, 2.24) is 24.2 Å².